The maximum atomic E-state index is 12.1. The van der Waals surface area contributed by atoms with Crippen molar-refractivity contribution < 1.29 is 9.53 Å². The van der Waals surface area contributed by atoms with E-state index in [0.29, 0.717) is 36.2 Å². The van der Waals surface area contributed by atoms with E-state index in [1.807, 2.05) is 12.1 Å². The molecule has 0 saturated carbocycles. The first kappa shape index (κ1) is 21.6. The summed E-state index contributed by atoms with van der Waals surface area (Å²) >= 11 is 6.03. The van der Waals surface area contributed by atoms with E-state index in [1.54, 1.807) is 38.4 Å². The van der Waals surface area contributed by atoms with Gasteiger partial charge in [0.05, 0.1) is 17.7 Å². The van der Waals surface area contributed by atoms with E-state index in [1.165, 1.54) is 5.56 Å². The lowest BCUT2D eigenvalue weighted by molar-refractivity contribution is 0.0954. The Morgan fingerprint density at radius 2 is 1.79 bits per heavy atom. The summed E-state index contributed by atoms with van der Waals surface area (Å²) in [5.74, 6) is 1.37. The van der Waals surface area contributed by atoms with Crippen molar-refractivity contribution in [3.63, 3.8) is 0 Å². The Morgan fingerprint density at radius 3 is 2.50 bits per heavy atom. The second kappa shape index (κ2) is 11.2. The smallest absolute Gasteiger partial charge is 0.252 e. The van der Waals surface area contributed by atoms with Crippen LogP contribution in [-0.4, -0.2) is 45.7 Å². The molecule has 150 valence electrons. The molecule has 0 bridgehead atoms. The predicted octanol–water partition coefficient (Wildman–Crippen LogP) is 2.79. The minimum Gasteiger partial charge on any atom is -0.496 e. The van der Waals surface area contributed by atoms with Crippen LogP contribution in [0.25, 0.3) is 0 Å². The minimum absolute atomic E-state index is 0.193. The first-order chi connectivity index (χ1) is 13.5. The van der Waals surface area contributed by atoms with E-state index in [0.717, 1.165) is 17.7 Å². The molecular formula is C21H27ClN4O2. The van der Waals surface area contributed by atoms with Crippen molar-refractivity contribution in [1.82, 2.24) is 16.0 Å². The highest BCUT2D eigenvalue weighted by atomic mass is 35.5. The highest BCUT2D eigenvalue weighted by molar-refractivity contribution is 6.33. The van der Waals surface area contributed by atoms with Crippen LogP contribution in [0.3, 0.4) is 0 Å². The molecule has 6 nitrogen and oxygen atoms in total. The molecule has 0 unspecified atom stereocenters. The molecule has 0 atom stereocenters. The van der Waals surface area contributed by atoms with E-state index in [9.17, 15) is 4.79 Å². The Hall–Kier alpha value is -2.73. The number of benzene rings is 2. The maximum Gasteiger partial charge on any atom is 0.252 e. The van der Waals surface area contributed by atoms with Crippen LogP contribution in [0.5, 0.6) is 5.75 Å². The molecule has 2 rings (SSSR count). The molecule has 2 aromatic carbocycles. The van der Waals surface area contributed by atoms with Gasteiger partial charge in [-0.2, -0.15) is 0 Å². The number of nitrogens with one attached hydrogen (secondary N) is 3. The normalized spacial score (nSPS) is 11.1. The molecule has 0 aromatic heterocycles. The third kappa shape index (κ3) is 6.46. The number of carbonyl (C=O) groups is 1. The van der Waals surface area contributed by atoms with Crippen molar-refractivity contribution in [1.29, 1.82) is 0 Å². The third-order valence-corrected chi connectivity index (χ3v) is 4.50. The number of methoxy groups -OCH3 is 1. The number of guanidine groups is 1. The zero-order valence-corrected chi connectivity index (χ0v) is 17.3. The Balaban J connectivity index is 1.73. The zero-order valence-electron chi connectivity index (χ0n) is 16.5. The van der Waals surface area contributed by atoms with Crippen LogP contribution in [0.1, 0.15) is 21.5 Å². The number of aliphatic imine (C=N–C) groups is 1. The molecule has 2 aromatic rings. The van der Waals surface area contributed by atoms with Gasteiger partial charge in [-0.1, -0.05) is 41.4 Å². The fourth-order valence-corrected chi connectivity index (χ4v) is 2.96. The van der Waals surface area contributed by atoms with Gasteiger partial charge in [0.25, 0.3) is 5.91 Å². The van der Waals surface area contributed by atoms with Gasteiger partial charge in [0, 0.05) is 26.7 Å². The lowest BCUT2D eigenvalue weighted by Gasteiger charge is -2.14. The molecule has 0 aliphatic heterocycles. The van der Waals surface area contributed by atoms with Crippen LogP contribution in [0, 0.1) is 6.92 Å². The number of aryl methyl sites for hydroxylation is 1. The first-order valence-electron chi connectivity index (χ1n) is 9.16. The molecule has 0 fully saturated rings. The minimum atomic E-state index is -0.193. The lowest BCUT2D eigenvalue weighted by atomic mass is 10.1. The summed E-state index contributed by atoms with van der Waals surface area (Å²) < 4.78 is 5.41. The van der Waals surface area contributed by atoms with Gasteiger partial charge in [0.2, 0.25) is 0 Å². The second-order valence-corrected chi connectivity index (χ2v) is 6.63. The summed E-state index contributed by atoms with van der Waals surface area (Å²) in [7, 11) is 3.39. The molecule has 0 spiro atoms. The summed E-state index contributed by atoms with van der Waals surface area (Å²) in [4.78, 5) is 16.3. The molecule has 1 amide bonds. The number of carbonyl (C=O) groups excluding carboxylic acids is 1. The summed E-state index contributed by atoms with van der Waals surface area (Å²) in [5, 5.41) is 9.72. The molecule has 0 aliphatic rings. The highest BCUT2D eigenvalue weighted by Gasteiger charge is 2.08. The van der Waals surface area contributed by atoms with Gasteiger partial charge < -0.3 is 20.7 Å². The van der Waals surface area contributed by atoms with Gasteiger partial charge in [-0.3, -0.25) is 9.79 Å². The molecule has 3 N–H and O–H groups in total. The highest BCUT2D eigenvalue weighted by Crippen LogP contribution is 2.19. The van der Waals surface area contributed by atoms with Gasteiger partial charge in [-0.25, -0.2) is 0 Å². The van der Waals surface area contributed by atoms with Crippen molar-refractivity contribution >= 4 is 23.5 Å². The monoisotopic (exact) mass is 402 g/mol. The van der Waals surface area contributed by atoms with Crippen molar-refractivity contribution in [3.8, 4) is 5.75 Å². The SMILES string of the molecule is CN=C(NCCNC(=O)c1ccccc1Cl)NCCc1cc(C)ccc1OC. The zero-order chi connectivity index (χ0) is 20.4. The molecule has 0 radical (unpaired) electrons. The Bertz CT molecular complexity index is 824. The molecule has 0 heterocycles. The van der Waals surface area contributed by atoms with Crippen LogP contribution in [-0.2, 0) is 6.42 Å². The molecule has 7 heteroatoms. The van der Waals surface area contributed by atoms with Crippen LogP contribution in [0.15, 0.2) is 47.5 Å². The average molecular weight is 403 g/mol. The number of hydrogen-bond acceptors (Lipinski definition) is 3. The van der Waals surface area contributed by atoms with Gasteiger partial charge in [0.1, 0.15) is 5.75 Å². The second-order valence-electron chi connectivity index (χ2n) is 6.23. The maximum absolute atomic E-state index is 12.1. The molecule has 0 saturated heterocycles. The topological polar surface area (TPSA) is 74.8 Å². The van der Waals surface area contributed by atoms with E-state index < -0.39 is 0 Å². The molecular weight excluding hydrogens is 376 g/mol. The number of ether oxygens (including phenoxy) is 1. The summed E-state index contributed by atoms with van der Waals surface area (Å²) in [5.41, 5.74) is 2.82. The van der Waals surface area contributed by atoms with Crippen LogP contribution in [0.4, 0.5) is 0 Å². The van der Waals surface area contributed by atoms with Crippen LogP contribution in [0.2, 0.25) is 5.02 Å². The van der Waals surface area contributed by atoms with Crippen molar-refractivity contribution in [2.75, 3.05) is 33.8 Å². The van der Waals surface area contributed by atoms with Gasteiger partial charge >= 0.3 is 0 Å². The third-order valence-electron chi connectivity index (χ3n) is 4.17. The number of halogens is 1. The van der Waals surface area contributed by atoms with Gasteiger partial charge in [-0.15, -0.1) is 0 Å². The molecule has 28 heavy (non-hydrogen) atoms. The van der Waals surface area contributed by atoms with E-state index >= 15 is 0 Å². The first-order valence-corrected chi connectivity index (χ1v) is 9.53. The average Bonchev–Trinajstić information content (AvgIpc) is 2.70. The number of nitrogens with zero attached hydrogens (tertiary/aromatic N) is 1. The lowest BCUT2D eigenvalue weighted by Crippen LogP contribution is -2.42. The largest absolute Gasteiger partial charge is 0.496 e. The summed E-state index contributed by atoms with van der Waals surface area (Å²) in [6.07, 6.45) is 0.814. The Labute approximate surface area is 171 Å². The predicted molar refractivity (Wildman–Crippen MR) is 115 cm³/mol. The van der Waals surface area contributed by atoms with E-state index in [-0.39, 0.29) is 5.91 Å². The van der Waals surface area contributed by atoms with Crippen LogP contribution < -0.4 is 20.7 Å². The molecule has 0 aliphatic carbocycles. The number of rotatable bonds is 8. The standard InChI is InChI=1S/C21H27ClN4O2/c1-15-8-9-19(28-3)16(14-15)10-11-25-21(23-2)26-13-12-24-20(27)17-6-4-5-7-18(17)22/h4-9,14H,10-13H2,1-3H3,(H,24,27)(H2,23,25,26). The van der Waals surface area contributed by atoms with Crippen LogP contribution >= 0.6 is 11.6 Å². The van der Waals surface area contributed by atoms with E-state index in [2.05, 4.69) is 33.9 Å². The fourth-order valence-electron chi connectivity index (χ4n) is 2.74. The van der Waals surface area contributed by atoms with E-state index in [4.69, 9.17) is 16.3 Å². The Kier molecular flexibility index (Phi) is 8.62. The quantitative estimate of drug-likeness (QED) is 0.360. The summed E-state index contributed by atoms with van der Waals surface area (Å²) in [6.45, 7) is 3.78. The van der Waals surface area contributed by atoms with Gasteiger partial charge in [-0.05, 0) is 37.1 Å². The van der Waals surface area contributed by atoms with Gasteiger partial charge in [0.15, 0.2) is 5.96 Å². The number of amides is 1. The van der Waals surface area contributed by atoms with Crippen molar-refractivity contribution in [2.45, 2.75) is 13.3 Å². The number of hydrogen-bond donors (Lipinski definition) is 3. The van der Waals surface area contributed by atoms with Crippen molar-refractivity contribution in [3.05, 3.63) is 64.2 Å². The Morgan fingerprint density at radius 1 is 1.07 bits per heavy atom. The van der Waals surface area contributed by atoms with Crippen molar-refractivity contribution in [2.24, 2.45) is 4.99 Å². The fraction of sp³-hybridized carbons (Fsp3) is 0.333. The summed E-state index contributed by atoms with van der Waals surface area (Å²) in [6, 6.07) is 13.1.